The van der Waals surface area contributed by atoms with Crippen molar-refractivity contribution in [2.45, 2.75) is 39.3 Å². The Morgan fingerprint density at radius 3 is 2.90 bits per heavy atom. The molecule has 1 fully saturated rings. The first kappa shape index (κ1) is 19.7. The number of hydrogen-bond donors (Lipinski definition) is 1. The van der Waals surface area contributed by atoms with Gasteiger partial charge in [-0.05, 0) is 56.6 Å². The summed E-state index contributed by atoms with van der Waals surface area (Å²) in [7, 11) is 0. The molecule has 7 heteroatoms. The number of oxime groups is 1. The molecule has 2 N–H and O–H groups in total. The fraction of sp³-hybridized carbons (Fsp3) is 0.364. The third-order valence-corrected chi connectivity index (χ3v) is 5.86. The average Bonchev–Trinajstić information content (AvgIpc) is 3.38. The van der Waals surface area contributed by atoms with E-state index in [9.17, 15) is 0 Å². The molecule has 0 radical (unpaired) electrons. The van der Waals surface area contributed by atoms with Gasteiger partial charge in [-0.15, -0.1) is 11.3 Å². The van der Waals surface area contributed by atoms with Crippen molar-refractivity contribution in [1.29, 1.82) is 0 Å². The number of aryl methyl sites for hydroxylation is 1. The monoisotopic (exact) mass is 410 g/mol. The van der Waals surface area contributed by atoms with Gasteiger partial charge >= 0.3 is 0 Å². The number of nitrogens with two attached hydrogens (primary N) is 1. The predicted octanol–water partition coefficient (Wildman–Crippen LogP) is 4.53. The average molecular weight is 411 g/mol. The molecule has 0 atom stereocenters. The fourth-order valence-corrected chi connectivity index (χ4v) is 4.23. The predicted molar refractivity (Wildman–Crippen MR) is 116 cm³/mol. The van der Waals surface area contributed by atoms with Crippen molar-refractivity contribution in [2.24, 2.45) is 10.9 Å². The zero-order chi connectivity index (χ0) is 20.1. The molecule has 0 aliphatic carbocycles. The summed E-state index contributed by atoms with van der Waals surface area (Å²) in [6.07, 6.45) is 3.92. The van der Waals surface area contributed by atoms with E-state index in [-0.39, 0.29) is 6.61 Å². The van der Waals surface area contributed by atoms with Crippen LogP contribution in [0.4, 0.5) is 0 Å². The summed E-state index contributed by atoms with van der Waals surface area (Å²) < 4.78 is 5.61. The molecule has 0 saturated carbocycles. The van der Waals surface area contributed by atoms with Gasteiger partial charge in [0.2, 0.25) is 0 Å². The lowest BCUT2D eigenvalue weighted by molar-refractivity contribution is 0.128. The van der Waals surface area contributed by atoms with Gasteiger partial charge in [0.15, 0.2) is 23.2 Å². The lowest BCUT2D eigenvalue weighted by Crippen LogP contribution is -2.29. The molecule has 152 valence electrons. The number of benzene rings is 1. The highest BCUT2D eigenvalue weighted by Gasteiger charge is 2.11. The van der Waals surface area contributed by atoms with Crippen LogP contribution in [0.5, 0.6) is 0 Å². The van der Waals surface area contributed by atoms with Crippen molar-refractivity contribution in [3.8, 4) is 10.8 Å². The Morgan fingerprint density at radius 1 is 1.24 bits per heavy atom. The Morgan fingerprint density at radius 2 is 2.10 bits per heavy atom. The second-order valence-corrected chi connectivity index (χ2v) is 8.20. The molecule has 6 nitrogen and oxygen atoms in total. The molecular weight excluding hydrogens is 384 g/mol. The van der Waals surface area contributed by atoms with Crippen LogP contribution in [0.3, 0.4) is 0 Å². The minimum Gasteiger partial charge on any atom is -0.459 e. The first-order valence-corrected chi connectivity index (χ1v) is 10.8. The molecule has 29 heavy (non-hydrogen) atoms. The van der Waals surface area contributed by atoms with Gasteiger partial charge in [0, 0.05) is 17.5 Å². The maximum absolute atomic E-state index is 6.14. The second-order valence-electron chi connectivity index (χ2n) is 7.34. The quantitative estimate of drug-likeness (QED) is 0.352. The number of hydrogen-bond acceptors (Lipinski definition) is 6. The van der Waals surface area contributed by atoms with E-state index in [1.54, 1.807) is 0 Å². The largest absolute Gasteiger partial charge is 0.459 e. The molecule has 0 spiro atoms. The fourth-order valence-electron chi connectivity index (χ4n) is 3.46. The van der Waals surface area contributed by atoms with Crippen LogP contribution in [-0.2, 0) is 18.0 Å². The molecule has 1 aliphatic rings. The van der Waals surface area contributed by atoms with E-state index in [0.29, 0.717) is 5.84 Å². The van der Waals surface area contributed by atoms with E-state index in [1.807, 2.05) is 36.6 Å². The van der Waals surface area contributed by atoms with Crippen LogP contribution < -0.4 is 5.73 Å². The smallest absolute Gasteiger partial charge is 0.170 e. The van der Waals surface area contributed by atoms with Crippen molar-refractivity contribution in [1.82, 2.24) is 9.88 Å². The first-order valence-electron chi connectivity index (χ1n) is 9.96. The zero-order valence-electron chi connectivity index (χ0n) is 16.6. The van der Waals surface area contributed by atoms with Crippen LogP contribution in [0.15, 0.2) is 51.4 Å². The van der Waals surface area contributed by atoms with Crippen molar-refractivity contribution in [2.75, 3.05) is 13.1 Å². The maximum atomic E-state index is 6.14. The number of rotatable bonds is 7. The number of amidine groups is 1. The van der Waals surface area contributed by atoms with Crippen molar-refractivity contribution in [3.63, 3.8) is 0 Å². The number of piperidine rings is 1. The Balaban J connectivity index is 1.34. The zero-order valence-corrected chi connectivity index (χ0v) is 17.5. The summed E-state index contributed by atoms with van der Waals surface area (Å²) in [6, 6.07) is 12.1. The Bertz CT molecular complexity index is 973. The molecule has 4 rings (SSSR count). The van der Waals surface area contributed by atoms with Crippen LogP contribution in [0.1, 0.15) is 41.8 Å². The molecule has 1 saturated heterocycles. The third kappa shape index (κ3) is 5.25. The van der Waals surface area contributed by atoms with Crippen molar-refractivity contribution in [3.05, 3.63) is 64.4 Å². The van der Waals surface area contributed by atoms with Gasteiger partial charge in [-0.2, -0.15) is 0 Å². The van der Waals surface area contributed by atoms with Gasteiger partial charge < -0.3 is 15.0 Å². The molecule has 1 aromatic carbocycles. The van der Waals surface area contributed by atoms with Gasteiger partial charge in [-0.1, -0.05) is 29.8 Å². The van der Waals surface area contributed by atoms with E-state index < -0.39 is 0 Å². The van der Waals surface area contributed by atoms with Gasteiger partial charge in [-0.25, -0.2) is 4.98 Å². The Labute approximate surface area is 175 Å². The minimum atomic E-state index is 0.268. The van der Waals surface area contributed by atoms with Crippen molar-refractivity contribution < 1.29 is 9.25 Å². The Kier molecular flexibility index (Phi) is 6.27. The summed E-state index contributed by atoms with van der Waals surface area (Å²) in [5.41, 5.74) is 9.07. The molecule has 0 unspecified atom stereocenters. The maximum Gasteiger partial charge on any atom is 0.170 e. The number of thiazole rings is 1. The van der Waals surface area contributed by atoms with E-state index in [4.69, 9.17) is 15.0 Å². The Hall–Kier alpha value is -2.64. The van der Waals surface area contributed by atoms with Gasteiger partial charge in [-0.3, -0.25) is 4.90 Å². The summed E-state index contributed by atoms with van der Waals surface area (Å²) in [6.45, 7) is 5.48. The summed E-state index contributed by atoms with van der Waals surface area (Å²) in [5.74, 6) is 2.02. The molecule has 3 heterocycles. The highest BCUT2D eigenvalue weighted by atomic mass is 32.1. The van der Waals surface area contributed by atoms with Crippen molar-refractivity contribution >= 4 is 17.2 Å². The lowest BCUT2D eigenvalue weighted by atomic mass is 10.1. The van der Waals surface area contributed by atoms with E-state index in [2.05, 4.69) is 27.2 Å². The van der Waals surface area contributed by atoms with E-state index in [0.717, 1.165) is 34.3 Å². The molecule has 2 aromatic heterocycles. The number of likely N-dealkylation sites (tertiary alicyclic amines) is 1. The number of aromatic nitrogens is 1. The van der Waals surface area contributed by atoms with Gasteiger partial charge in [0.05, 0.1) is 5.69 Å². The second kappa shape index (κ2) is 9.24. The third-order valence-electron chi connectivity index (χ3n) is 4.96. The lowest BCUT2D eigenvalue weighted by Gasteiger charge is -2.26. The standard InChI is InChI=1S/C22H26N4O2S/c1-16-8-9-20(28-16)22-24-19(15-29-22)14-27-25-21(23)18-7-5-6-17(12-18)13-26-10-3-2-4-11-26/h5-9,12,15H,2-4,10-11,13-14H2,1H3,(H2,23,25). The van der Waals surface area contributed by atoms with Gasteiger partial charge in [0.25, 0.3) is 0 Å². The van der Waals surface area contributed by atoms with Crippen LogP contribution >= 0.6 is 11.3 Å². The minimum absolute atomic E-state index is 0.268. The van der Waals surface area contributed by atoms with Crippen LogP contribution in [0.25, 0.3) is 10.8 Å². The van der Waals surface area contributed by atoms with E-state index in [1.165, 1.54) is 49.3 Å². The summed E-state index contributed by atoms with van der Waals surface area (Å²) in [4.78, 5) is 12.5. The van der Waals surface area contributed by atoms with E-state index >= 15 is 0 Å². The van der Waals surface area contributed by atoms with Crippen LogP contribution in [0.2, 0.25) is 0 Å². The summed E-state index contributed by atoms with van der Waals surface area (Å²) >= 11 is 1.52. The SMILES string of the molecule is Cc1ccc(-c2nc(CO/N=C(/N)c3cccc(CN4CCCCC4)c3)cs2)o1. The van der Waals surface area contributed by atoms with Crippen LogP contribution in [-0.4, -0.2) is 28.8 Å². The molecular formula is C22H26N4O2S. The van der Waals surface area contributed by atoms with Crippen LogP contribution in [0, 0.1) is 6.92 Å². The highest BCUT2D eigenvalue weighted by Crippen LogP contribution is 2.25. The number of furan rings is 1. The molecule has 1 aliphatic heterocycles. The molecule has 0 bridgehead atoms. The topological polar surface area (TPSA) is 76.9 Å². The highest BCUT2D eigenvalue weighted by molar-refractivity contribution is 7.13. The number of nitrogens with zero attached hydrogens (tertiary/aromatic N) is 3. The van der Waals surface area contributed by atoms with Gasteiger partial charge in [0.1, 0.15) is 5.76 Å². The first-order chi connectivity index (χ1) is 14.2. The molecule has 0 amide bonds. The molecule has 3 aromatic rings. The normalized spacial score (nSPS) is 15.6. The summed E-state index contributed by atoms with van der Waals surface area (Å²) in [5, 5.41) is 6.86.